The van der Waals surface area contributed by atoms with Crippen molar-refractivity contribution in [2.75, 3.05) is 19.7 Å². The van der Waals surface area contributed by atoms with Gasteiger partial charge in [0.05, 0.1) is 12.6 Å². The summed E-state index contributed by atoms with van der Waals surface area (Å²) in [7, 11) is 0. The Morgan fingerprint density at radius 3 is 2.54 bits per heavy atom. The molecule has 0 radical (unpaired) electrons. The lowest BCUT2D eigenvalue weighted by Crippen LogP contribution is -2.51. The highest BCUT2D eigenvalue weighted by molar-refractivity contribution is 5.85. The number of fused-ring (bicyclic) bond motifs is 2. The minimum atomic E-state index is -0.641. The van der Waals surface area contributed by atoms with E-state index in [1.807, 2.05) is 42.6 Å². The van der Waals surface area contributed by atoms with Crippen LogP contribution in [0.25, 0.3) is 21.7 Å². The molecule has 1 heterocycles. The lowest BCUT2D eigenvalue weighted by atomic mass is 10.0. The van der Waals surface area contributed by atoms with Gasteiger partial charge in [0.2, 0.25) is 5.91 Å². The van der Waals surface area contributed by atoms with Gasteiger partial charge in [-0.05, 0) is 60.2 Å². The van der Waals surface area contributed by atoms with Crippen LogP contribution in [0.1, 0.15) is 30.4 Å². The molecule has 0 saturated carbocycles. The van der Waals surface area contributed by atoms with Gasteiger partial charge in [0.1, 0.15) is 0 Å². The fraction of sp³-hybridized carbons (Fsp3) is 0.367. The van der Waals surface area contributed by atoms with Crippen molar-refractivity contribution >= 4 is 27.6 Å². The number of hydrogen-bond acceptors (Lipinski definition) is 5. The molecule has 0 aliphatic heterocycles. The molecular formula is C30H39N5O2. The van der Waals surface area contributed by atoms with Crippen LogP contribution in [0.2, 0.25) is 0 Å². The fourth-order valence-corrected chi connectivity index (χ4v) is 4.86. The number of aliphatic hydroxyl groups is 1. The van der Waals surface area contributed by atoms with Gasteiger partial charge in [-0.3, -0.25) is 4.79 Å². The quantitative estimate of drug-likeness (QED) is 0.148. The van der Waals surface area contributed by atoms with Gasteiger partial charge >= 0.3 is 0 Å². The Balaban J connectivity index is 1.34. The van der Waals surface area contributed by atoms with Crippen LogP contribution in [0.15, 0.2) is 72.9 Å². The Morgan fingerprint density at radius 2 is 1.73 bits per heavy atom. The van der Waals surface area contributed by atoms with E-state index in [4.69, 9.17) is 11.5 Å². The number of para-hydroxylation sites is 1. The van der Waals surface area contributed by atoms with Crippen molar-refractivity contribution < 1.29 is 9.90 Å². The molecule has 1 aromatic heterocycles. The van der Waals surface area contributed by atoms with Gasteiger partial charge in [0, 0.05) is 35.7 Å². The van der Waals surface area contributed by atoms with E-state index < -0.39 is 6.04 Å². The standard InChI is InChI=1S/C30H39N5O2/c31-14-6-5-9-25(19-33-26(20-36)17-24-18-34-29-11-4-3-10-27(24)29)35-30(37)28(32)16-21-12-13-22-7-1-2-8-23(22)15-21/h1-4,7-8,10-13,15,18,25-26,28,33-34,36H,5-6,9,14,16-17,19-20,31-32H2,(H,35,37)/t25-,26-,28-/m0/s1. The van der Waals surface area contributed by atoms with Gasteiger partial charge in [-0.25, -0.2) is 0 Å². The number of aliphatic hydroxyl groups excluding tert-OH is 1. The molecule has 0 aliphatic rings. The van der Waals surface area contributed by atoms with E-state index in [-0.39, 0.29) is 24.6 Å². The maximum Gasteiger partial charge on any atom is 0.237 e. The van der Waals surface area contributed by atoms with E-state index in [9.17, 15) is 9.90 Å². The van der Waals surface area contributed by atoms with Crippen molar-refractivity contribution in [3.05, 3.63) is 84.1 Å². The van der Waals surface area contributed by atoms with Crippen LogP contribution in [0.5, 0.6) is 0 Å². The third-order valence-electron chi connectivity index (χ3n) is 6.97. The predicted octanol–water partition coefficient (Wildman–Crippen LogP) is 3.00. The van der Waals surface area contributed by atoms with Crippen LogP contribution in [-0.4, -0.2) is 53.8 Å². The zero-order chi connectivity index (χ0) is 26.0. The zero-order valence-corrected chi connectivity index (χ0v) is 21.3. The number of aromatic amines is 1. The summed E-state index contributed by atoms with van der Waals surface area (Å²) >= 11 is 0. The van der Waals surface area contributed by atoms with E-state index >= 15 is 0 Å². The Hall–Kier alpha value is -3.23. The summed E-state index contributed by atoms with van der Waals surface area (Å²) in [5, 5.41) is 20.1. The van der Waals surface area contributed by atoms with Crippen LogP contribution in [0.3, 0.4) is 0 Å². The molecule has 0 aliphatic carbocycles. The van der Waals surface area contributed by atoms with Crippen LogP contribution in [0, 0.1) is 0 Å². The van der Waals surface area contributed by atoms with E-state index in [1.54, 1.807) is 0 Å². The first-order chi connectivity index (χ1) is 18.1. The average Bonchev–Trinajstić information content (AvgIpc) is 3.33. The summed E-state index contributed by atoms with van der Waals surface area (Å²) in [6.45, 7) is 1.17. The fourth-order valence-electron chi connectivity index (χ4n) is 4.86. The number of rotatable bonds is 14. The van der Waals surface area contributed by atoms with Gasteiger partial charge in [0.25, 0.3) is 0 Å². The Morgan fingerprint density at radius 1 is 0.946 bits per heavy atom. The lowest BCUT2D eigenvalue weighted by Gasteiger charge is -2.24. The van der Waals surface area contributed by atoms with Crippen LogP contribution >= 0.6 is 0 Å². The molecule has 0 fully saturated rings. The maximum atomic E-state index is 13.0. The van der Waals surface area contributed by atoms with Crippen molar-refractivity contribution in [3.63, 3.8) is 0 Å². The zero-order valence-electron chi connectivity index (χ0n) is 21.3. The summed E-state index contributed by atoms with van der Waals surface area (Å²) in [4.78, 5) is 16.3. The summed E-state index contributed by atoms with van der Waals surface area (Å²) in [6, 6.07) is 21.7. The van der Waals surface area contributed by atoms with Crippen LogP contribution in [0.4, 0.5) is 0 Å². The van der Waals surface area contributed by atoms with Crippen molar-refractivity contribution in [3.8, 4) is 0 Å². The second kappa shape index (κ2) is 13.4. The topological polar surface area (TPSA) is 129 Å². The second-order valence-corrected chi connectivity index (χ2v) is 9.83. The van der Waals surface area contributed by atoms with Crippen LogP contribution in [-0.2, 0) is 17.6 Å². The van der Waals surface area contributed by atoms with Crippen molar-refractivity contribution in [2.45, 2.75) is 50.2 Å². The summed E-state index contributed by atoms with van der Waals surface area (Å²) in [5.41, 5.74) is 15.3. The van der Waals surface area contributed by atoms with Gasteiger partial charge in [0.15, 0.2) is 0 Å². The number of hydrogen-bond donors (Lipinski definition) is 6. The first kappa shape index (κ1) is 26.8. The molecule has 37 heavy (non-hydrogen) atoms. The normalized spacial score (nSPS) is 14.0. The van der Waals surface area contributed by atoms with Gasteiger partial charge < -0.3 is 32.2 Å². The van der Waals surface area contributed by atoms with Crippen molar-refractivity contribution in [1.82, 2.24) is 15.6 Å². The first-order valence-corrected chi connectivity index (χ1v) is 13.2. The number of nitrogens with two attached hydrogens (primary N) is 2. The Bertz CT molecular complexity index is 1290. The van der Waals surface area contributed by atoms with E-state index in [1.165, 1.54) is 5.39 Å². The van der Waals surface area contributed by atoms with E-state index in [0.29, 0.717) is 25.9 Å². The lowest BCUT2D eigenvalue weighted by molar-refractivity contribution is -0.123. The van der Waals surface area contributed by atoms with Crippen molar-refractivity contribution in [2.24, 2.45) is 11.5 Å². The number of carbonyl (C=O) groups excluding carboxylic acids is 1. The predicted molar refractivity (Wildman–Crippen MR) is 151 cm³/mol. The maximum absolute atomic E-state index is 13.0. The molecule has 3 aromatic carbocycles. The molecule has 0 unspecified atom stereocenters. The monoisotopic (exact) mass is 501 g/mol. The number of nitrogens with one attached hydrogen (secondary N) is 3. The molecule has 0 bridgehead atoms. The molecular weight excluding hydrogens is 462 g/mol. The molecule has 1 amide bonds. The summed E-state index contributed by atoms with van der Waals surface area (Å²) < 4.78 is 0. The van der Waals surface area contributed by atoms with Gasteiger partial charge in [-0.2, -0.15) is 0 Å². The first-order valence-electron chi connectivity index (χ1n) is 13.2. The minimum Gasteiger partial charge on any atom is -0.395 e. The molecule has 7 heteroatoms. The number of H-pyrrole nitrogens is 1. The molecule has 0 saturated heterocycles. The van der Waals surface area contributed by atoms with E-state index in [0.717, 1.165) is 46.7 Å². The molecule has 196 valence electrons. The molecule has 7 nitrogen and oxygen atoms in total. The largest absolute Gasteiger partial charge is 0.395 e. The highest BCUT2D eigenvalue weighted by Crippen LogP contribution is 2.19. The molecule has 8 N–H and O–H groups in total. The van der Waals surface area contributed by atoms with Gasteiger partial charge in [-0.15, -0.1) is 0 Å². The number of carbonyl (C=O) groups is 1. The summed E-state index contributed by atoms with van der Waals surface area (Å²) in [6.07, 6.45) is 5.76. The highest BCUT2D eigenvalue weighted by atomic mass is 16.3. The minimum absolute atomic E-state index is 0.00442. The third-order valence-corrected chi connectivity index (χ3v) is 6.97. The SMILES string of the molecule is NCCCC[C@@H](CN[C@H](CO)Cc1c[nH]c2ccccc12)NC(=O)[C@@H](N)Cc1ccc2ccccc2c1. The number of aromatic nitrogens is 1. The molecule has 3 atom stereocenters. The number of unbranched alkanes of at least 4 members (excludes halogenated alkanes) is 1. The molecule has 0 spiro atoms. The smallest absolute Gasteiger partial charge is 0.237 e. The Kier molecular flexibility index (Phi) is 9.68. The number of benzene rings is 3. The molecule has 4 rings (SSSR count). The van der Waals surface area contributed by atoms with Gasteiger partial charge in [-0.1, -0.05) is 67.1 Å². The highest BCUT2D eigenvalue weighted by Gasteiger charge is 2.20. The molecule has 4 aromatic rings. The van der Waals surface area contributed by atoms with Crippen LogP contribution < -0.4 is 22.1 Å². The number of amides is 1. The van der Waals surface area contributed by atoms with Crippen molar-refractivity contribution in [1.29, 1.82) is 0 Å². The summed E-state index contributed by atoms with van der Waals surface area (Å²) in [5.74, 6) is -0.162. The van der Waals surface area contributed by atoms with E-state index in [2.05, 4.69) is 45.9 Å². The second-order valence-electron chi connectivity index (χ2n) is 9.83. The average molecular weight is 502 g/mol. The Labute approximate surface area is 218 Å². The third kappa shape index (κ3) is 7.40.